The standard InChI is InChI=1S/C12H17BrClN/c1-10(14)4-3-7-15-9-11-5-2-6-12(13)8-11/h2,5-6,8,10,15H,3-4,7,9H2,1H3. The van der Waals surface area contributed by atoms with Gasteiger partial charge in [0, 0.05) is 16.4 Å². The lowest BCUT2D eigenvalue weighted by Crippen LogP contribution is -2.15. The first kappa shape index (κ1) is 13.0. The lowest BCUT2D eigenvalue weighted by Gasteiger charge is -2.06. The number of hydrogen-bond acceptors (Lipinski definition) is 1. The number of halogens is 2. The Kier molecular flexibility index (Phi) is 6.30. The van der Waals surface area contributed by atoms with Gasteiger partial charge >= 0.3 is 0 Å². The van der Waals surface area contributed by atoms with Gasteiger partial charge in [0.15, 0.2) is 0 Å². The topological polar surface area (TPSA) is 12.0 Å². The lowest BCUT2D eigenvalue weighted by molar-refractivity contribution is 0.619. The van der Waals surface area contributed by atoms with Gasteiger partial charge in [-0.15, -0.1) is 11.6 Å². The smallest absolute Gasteiger partial charge is 0.0308 e. The highest BCUT2D eigenvalue weighted by Gasteiger charge is 1.96. The van der Waals surface area contributed by atoms with E-state index in [1.807, 2.05) is 13.0 Å². The summed E-state index contributed by atoms with van der Waals surface area (Å²) in [5, 5.41) is 3.69. The van der Waals surface area contributed by atoms with E-state index in [0.29, 0.717) is 0 Å². The van der Waals surface area contributed by atoms with Gasteiger partial charge in [-0.3, -0.25) is 0 Å². The van der Waals surface area contributed by atoms with Crippen LogP contribution in [-0.4, -0.2) is 11.9 Å². The summed E-state index contributed by atoms with van der Waals surface area (Å²) in [7, 11) is 0. The molecule has 1 N–H and O–H groups in total. The van der Waals surface area contributed by atoms with Crippen LogP contribution in [0, 0.1) is 0 Å². The number of nitrogens with one attached hydrogen (secondary N) is 1. The Morgan fingerprint density at radius 2 is 2.27 bits per heavy atom. The monoisotopic (exact) mass is 289 g/mol. The number of alkyl halides is 1. The second kappa shape index (κ2) is 7.26. The third-order valence-corrected chi connectivity index (χ3v) is 2.89. The molecule has 0 aliphatic carbocycles. The van der Waals surface area contributed by atoms with E-state index in [9.17, 15) is 0 Å². The third-order valence-electron chi connectivity index (χ3n) is 2.17. The van der Waals surface area contributed by atoms with E-state index in [1.54, 1.807) is 0 Å². The van der Waals surface area contributed by atoms with Gasteiger partial charge in [-0.1, -0.05) is 28.1 Å². The van der Waals surface area contributed by atoms with Gasteiger partial charge in [-0.25, -0.2) is 0 Å². The fraction of sp³-hybridized carbons (Fsp3) is 0.500. The van der Waals surface area contributed by atoms with Crippen molar-refractivity contribution in [2.45, 2.75) is 31.7 Å². The summed E-state index contributed by atoms with van der Waals surface area (Å²) in [6.45, 7) is 4.00. The normalized spacial score (nSPS) is 12.7. The summed E-state index contributed by atoms with van der Waals surface area (Å²) in [6, 6.07) is 8.36. The molecular weight excluding hydrogens is 273 g/mol. The molecule has 0 saturated heterocycles. The van der Waals surface area contributed by atoms with Crippen LogP contribution < -0.4 is 5.32 Å². The average Bonchev–Trinajstić information content (AvgIpc) is 2.17. The Bertz CT molecular complexity index is 289. The van der Waals surface area contributed by atoms with E-state index in [-0.39, 0.29) is 5.38 Å². The molecule has 0 fully saturated rings. The van der Waals surface area contributed by atoms with Crippen molar-refractivity contribution < 1.29 is 0 Å². The molecule has 1 aromatic carbocycles. The minimum absolute atomic E-state index is 0.290. The van der Waals surface area contributed by atoms with Crippen molar-refractivity contribution in [2.75, 3.05) is 6.54 Å². The number of benzene rings is 1. The largest absolute Gasteiger partial charge is 0.313 e. The number of hydrogen-bond donors (Lipinski definition) is 1. The average molecular weight is 291 g/mol. The van der Waals surface area contributed by atoms with Crippen LogP contribution in [0.1, 0.15) is 25.3 Å². The van der Waals surface area contributed by atoms with Crippen LogP contribution in [-0.2, 0) is 6.54 Å². The van der Waals surface area contributed by atoms with Crippen molar-refractivity contribution in [3.63, 3.8) is 0 Å². The molecule has 0 amide bonds. The van der Waals surface area contributed by atoms with Crippen molar-refractivity contribution in [2.24, 2.45) is 0 Å². The Balaban J connectivity index is 2.15. The predicted octanol–water partition coefficient (Wildman–Crippen LogP) is 3.95. The first-order chi connectivity index (χ1) is 7.18. The molecule has 0 saturated carbocycles. The molecule has 0 bridgehead atoms. The van der Waals surface area contributed by atoms with E-state index in [0.717, 1.165) is 30.4 Å². The molecule has 0 heterocycles. The van der Waals surface area contributed by atoms with Gasteiger partial charge in [-0.05, 0) is 44.0 Å². The van der Waals surface area contributed by atoms with Crippen LogP contribution >= 0.6 is 27.5 Å². The first-order valence-electron chi connectivity index (χ1n) is 5.27. The van der Waals surface area contributed by atoms with Crippen molar-refractivity contribution in [3.05, 3.63) is 34.3 Å². The van der Waals surface area contributed by atoms with Crippen molar-refractivity contribution >= 4 is 27.5 Å². The fourth-order valence-corrected chi connectivity index (χ4v) is 1.99. The summed E-state index contributed by atoms with van der Waals surface area (Å²) in [6.07, 6.45) is 2.21. The molecule has 0 radical (unpaired) electrons. The second-order valence-corrected chi connectivity index (χ2v) is 5.39. The highest BCUT2D eigenvalue weighted by Crippen LogP contribution is 2.11. The van der Waals surface area contributed by atoms with Gasteiger partial charge in [-0.2, -0.15) is 0 Å². The maximum absolute atomic E-state index is 5.86. The molecule has 1 aromatic rings. The van der Waals surface area contributed by atoms with E-state index in [2.05, 4.69) is 39.4 Å². The van der Waals surface area contributed by atoms with Crippen molar-refractivity contribution in [1.82, 2.24) is 5.32 Å². The molecule has 1 rings (SSSR count). The zero-order valence-corrected chi connectivity index (χ0v) is 11.3. The van der Waals surface area contributed by atoms with Crippen molar-refractivity contribution in [1.29, 1.82) is 0 Å². The van der Waals surface area contributed by atoms with E-state index >= 15 is 0 Å². The molecule has 0 spiro atoms. The van der Waals surface area contributed by atoms with Crippen LogP contribution in [0.5, 0.6) is 0 Å². The Labute approximate surface area is 105 Å². The van der Waals surface area contributed by atoms with Gasteiger partial charge in [0.1, 0.15) is 0 Å². The second-order valence-electron chi connectivity index (χ2n) is 3.73. The number of rotatable bonds is 6. The third kappa shape index (κ3) is 6.18. The minimum Gasteiger partial charge on any atom is -0.313 e. The maximum atomic E-state index is 5.86. The van der Waals surface area contributed by atoms with Crippen molar-refractivity contribution in [3.8, 4) is 0 Å². The van der Waals surface area contributed by atoms with Gasteiger partial charge in [0.25, 0.3) is 0 Å². The Morgan fingerprint density at radius 3 is 2.93 bits per heavy atom. The first-order valence-corrected chi connectivity index (χ1v) is 6.50. The predicted molar refractivity (Wildman–Crippen MR) is 70.4 cm³/mol. The van der Waals surface area contributed by atoms with E-state index < -0.39 is 0 Å². The SMILES string of the molecule is CC(Cl)CCCNCc1cccc(Br)c1. The molecule has 1 nitrogen and oxygen atoms in total. The summed E-state index contributed by atoms with van der Waals surface area (Å²) in [5.41, 5.74) is 1.31. The molecule has 0 aliphatic heterocycles. The quantitative estimate of drug-likeness (QED) is 0.618. The van der Waals surface area contributed by atoms with Gasteiger partial charge in [0.2, 0.25) is 0 Å². The zero-order chi connectivity index (χ0) is 11.1. The molecule has 3 heteroatoms. The summed E-state index contributed by atoms with van der Waals surface area (Å²) < 4.78 is 1.14. The lowest BCUT2D eigenvalue weighted by atomic mass is 10.2. The van der Waals surface area contributed by atoms with Crippen LogP contribution in [0.3, 0.4) is 0 Å². The molecule has 1 unspecified atom stereocenters. The van der Waals surface area contributed by atoms with Crippen LogP contribution in [0.4, 0.5) is 0 Å². The summed E-state index contributed by atoms with van der Waals surface area (Å²) in [5.74, 6) is 0. The minimum atomic E-state index is 0.290. The van der Waals surface area contributed by atoms with Gasteiger partial charge < -0.3 is 5.32 Å². The molecule has 1 atom stereocenters. The molecule has 0 aliphatic rings. The van der Waals surface area contributed by atoms with E-state index in [4.69, 9.17) is 11.6 Å². The molecule has 15 heavy (non-hydrogen) atoms. The van der Waals surface area contributed by atoms with E-state index in [1.165, 1.54) is 5.56 Å². The highest BCUT2D eigenvalue weighted by atomic mass is 79.9. The Hall–Kier alpha value is -0.0500. The fourth-order valence-electron chi connectivity index (χ4n) is 1.39. The molecular formula is C12H17BrClN. The van der Waals surface area contributed by atoms with Crippen LogP contribution in [0.2, 0.25) is 0 Å². The zero-order valence-electron chi connectivity index (χ0n) is 8.97. The highest BCUT2D eigenvalue weighted by molar-refractivity contribution is 9.10. The van der Waals surface area contributed by atoms with Crippen LogP contribution in [0.15, 0.2) is 28.7 Å². The van der Waals surface area contributed by atoms with Crippen LogP contribution in [0.25, 0.3) is 0 Å². The maximum Gasteiger partial charge on any atom is 0.0308 e. The Morgan fingerprint density at radius 1 is 1.47 bits per heavy atom. The molecule has 0 aromatic heterocycles. The summed E-state index contributed by atoms with van der Waals surface area (Å²) in [4.78, 5) is 0. The van der Waals surface area contributed by atoms with Gasteiger partial charge in [0.05, 0.1) is 0 Å². The summed E-state index contributed by atoms with van der Waals surface area (Å²) >= 11 is 9.32. The molecule has 84 valence electrons.